The summed E-state index contributed by atoms with van der Waals surface area (Å²) in [7, 11) is 1.32. The number of rotatable bonds is 4. The van der Waals surface area contributed by atoms with E-state index in [0.717, 1.165) is 5.56 Å². The summed E-state index contributed by atoms with van der Waals surface area (Å²) in [5, 5.41) is 3.31. The van der Waals surface area contributed by atoms with Gasteiger partial charge in [0.25, 0.3) is 0 Å². The minimum Gasteiger partial charge on any atom is -0.465 e. The molecule has 0 heterocycles. The zero-order valence-corrected chi connectivity index (χ0v) is 13.6. The summed E-state index contributed by atoms with van der Waals surface area (Å²) in [6.45, 7) is 1.75. The highest BCUT2D eigenvalue weighted by atomic mass is 35.5. The third kappa shape index (κ3) is 4.20. The van der Waals surface area contributed by atoms with Crippen molar-refractivity contribution in [3.8, 4) is 0 Å². The first-order valence-electron chi connectivity index (χ1n) is 6.94. The third-order valence-electron chi connectivity index (χ3n) is 3.32. The summed E-state index contributed by atoms with van der Waals surface area (Å²) in [6, 6.07) is 12.3. The number of anilines is 1. The average Bonchev–Trinajstić information content (AvgIpc) is 2.55. The van der Waals surface area contributed by atoms with E-state index in [-0.39, 0.29) is 5.91 Å². The molecule has 0 atom stereocenters. The number of nitrogens with one attached hydrogen (secondary N) is 1. The standard InChI is InChI=1S/C18H16ClNO3/c1-12-14(18(22)23-2)7-5-9-16(12)20-17(21)11-10-13-6-3-4-8-15(13)19/h3-11H,1-2H3,(H,20,21). The molecule has 0 aromatic heterocycles. The predicted octanol–water partition coefficient (Wildman–Crippen LogP) is 4.09. The van der Waals surface area contributed by atoms with Crippen molar-refractivity contribution in [2.75, 3.05) is 12.4 Å². The lowest BCUT2D eigenvalue weighted by Crippen LogP contribution is -2.11. The number of ether oxygens (including phenoxy) is 1. The monoisotopic (exact) mass is 329 g/mol. The molecule has 0 radical (unpaired) electrons. The Bertz CT molecular complexity index is 769. The molecule has 0 bridgehead atoms. The number of amides is 1. The molecule has 0 spiro atoms. The summed E-state index contributed by atoms with van der Waals surface area (Å²) in [5.41, 5.74) is 2.38. The Morgan fingerprint density at radius 1 is 1.13 bits per heavy atom. The van der Waals surface area contributed by atoms with Gasteiger partial charge in [-0.15, -0.1) is 0 Å². The zero-order valence-electron chi connectivity index (χ0n) is 12.8. The molecular weight excluding hydrogens is 314 g/mol. The summed E-state index contributed by atoms with van der Waals surface area (Å²) in [4.78, 5) is 23.7. The lowest BCUT2D eigenvalue weighted by Gasteiger charge is -2.10. The van der Waals surface area contributed by atoms with Crippen molar-refractivity contribution in [2.24, 2.45) is 0 Å². The molecular formula is C18H16ClNO3. The van der Waals surface area contributed by atoms with Crippen LogP contribution >= 0.6 is 11.6 Å². The number of hydrogen-bond donors (Lipinski definition) is 1. The van der Waals surface area contributed by atoms with Gasteiger partial charge in [0.2, 0.25) is 5.91 Å². The van der Waals surface area contributed by atoms with Gasteiger partial charge in [-0.2, -0.15) is 0 Å². The third-order valence-corrected chi connectivity index (χ3v) is 3.66. The van der Waals surface area contributed by atoms with E-state index in [9.17, 15) is 9.59 Å². The van der Waals surface area contributed by atoms with Gasteiger partial charge in [-0.3, -0.25) is 4.79 Å². The number of methoxy groups -OCH3 is 1. The molecule has 23 heavy (non-hydrogen) atoms. The second-order valence-electron chi connectivity index (χ2n) is 4.81. The highest BCUT2D eigenvalue weighted by Gasteiger charge is 2.12. The van der Waals surface area contributed by atoms with Crippen LogP contribution < -0.4 is 5.32 Å². The molecule has 0 fully saturated rings. The highest BCUT2D eigenvalue weighted by Crippen LogP contribution is 2.20. The van der Waals surface area contributed by atoms with Gasteiger partial charge in [-0.05, 0) is 42.3 Å². The summed E-state index contributed by atoms with van der Waals surface area (Å²) >= 11 is 6.03. The van der Waals surface area contributed by atoms with Gasteiger partial charge >= 0.3 is 5.97 Å². The number of hydrogen-bond acceptors (Lipinski definition) is 3. The first-order valence-corrected chi connectivity index (χ1v) is 7.32. The van der Waals surface area contributed by atoms with E-state index in [1.54, 1.807) is 37.3 Å². The van der Waals surface area contributed by atoms with Crippen molar-refractivity contribution in [3.63, 3.8) is 0 Å². The first kappa shape index (κ1) is 16.8. The second kappa shape index (κ2) is 7.61. The lowest BCUT2D eigenvalue weighted by atomic mass is 10.1. The van der Waals surface area contributed by atoms with Crippen LogP contribution in [0.1, 0.15) is 21.5 Å². The molecule has 2 rings (SSSR count). The lowest BCUT2D eigenvalue weighted by molar-refractivity contribution is -0.111. The first-order chi connectivity index (χ1) is 11.0. The molecule has 5 heteroatoms. The van der Waals surface area contributed by atoms with E-state index >= 15 is 0 Å². The van der Waals surface area contributed by atoms with Crippen molar-refractivity contribution in [2.45, 2.75) is 6.92 Å². The van der Waals surface area contributed by atoms with Crippen molar-refractivity contribution >= 4 is 35.2 Å². The maximum atomic E-state index is 12.0. The Hall–Kier alpha value is -2.59. The topological polar surface area (TPSA) is 55.4 Å². The number of carbonyl (C=O) groups excluding carboxylic acids is 2. The van der Waals surface area contributed by atoms with E-state index in [1.807, 2.05) is 18.2 Å². The molecule has 0 saturated heterocycles. The Kier molecular flexibility index (Phi) is 5.55. The quantitative estimate of drug-likeness (QED) is 0.679. The van der Waals surface area contributed by atoms with Crippen LogP contribution in [0.15, 0.2) is 48.5 Å². The van der Waals surface area contributed by atoms with Crippen molar-refractivity contribution in [1.82, 2.24) is 0 Å². The maximum Gasteiger partial charge on any atom is 0.338 e. The SMILES string of the molecule is COC(=O)c1cccc(NC(=O)C=Cc2ccccc2Cl)c1C. The molecule has 0 saturated carbocycles. The minimum atomic E-state index is -0.440. The molecule has 0 aliphatic heterocycles. The number of halogens is 1. The van der Waals surface area contributed by atoms with Crippen LogP contribution in [-0.4, -0.2) is 19.0 Å². The summed E-state index contributed by atoms with van der Waals surface area (Å²) in [5.74, 6) is -0.750. The molecule has 1 N–H and O–H groups in total. The van der Waals surface area contributed by atoms with Crippen LogP contribution in [0.25, 0.3) is 6.08 Å². The van der Waals surface area contributed by atoms with E-state index in [2.05, 4.69) is 5.32 Å². The largest absolute Gasteiger partial charge is 0.465 e. The van der Waals surface area contributed by atoms with Gasteiger partial charge in [0, 0.05) is 16.8 Å². The van der Waals surface area contributed by atoms with E-state index in [0.29, 0.717) is 21.8 Å². The van der Waals surface area contributed by atoms with Crippen molar-refractivity contribution < 1.29 is 14.3 Å². The smallest absolute Gasteiger partial charge is 0.338 e. The Morgan fingerprint density at radius 3 is 2.57 bits per heavy atom. The molecule has 118 valence electrons. The van der Waals surface area contributed by atoms with Gasteiger partial charge in [0.05, 0.1) is 12.7 Å². The zero-order chi connectivity index (χ0) is 16.8. The van der Waals surface area contributed by atoms with Gasteiger partial charge in [-0.25, -0.2) is 4.79 Å². The van der Waals surface area contributed by atoms with Crippen LogP contribution in [0, 0.1) is 6.92 Å². The molecule has 0 aliphatic carbocycles. The second-order valence-corrected chi connectivity index (χ2v) is 5.22. The molecule has 0 unspecified atom stereocenters. The minimum absolute atomic E-state index is 0.310. The maximum absolute atomic E-state index is 12.0. The van der Waals surface area contributed by atoms with Crippen molar-refractivity contribution in [3.05, 3.63) is 70.3 Å². The van der Waals surface area contributed by atoms with Gasteiger partial charge in [-0.1, -0.05) is 35.9 Å². The van der Waals surface area contributed by atoms with Crippen molar-refractivity contribution in [1.29, 1.82) is 0 Å². The fourth-order valence-corrected chi connectivity index (χ4v) is 2.25. The summed E-state index contributed by atoms with van der Waals surface area (Å²) in [6.07, 6.45) is 3.03. The van der Waals surface area contributed by atoms with Gasteiger partial charge in [0.15, 0.2) is 0 Å². The summed E-state index contributed by atoms with van der Waals surface area (Å²) < 4.78 is 4.72. The van der Waals surface area contributed by atoms with Crippen LogP contribution in [0.2, 0.25) is 5.02 Å². The highest BCUT2D eigenvalue weighted by molar-refractivity contribution is 6.32. The van der Waals surface area contributed by atoms with Crippen LogP contribution in [-0.2, 0) is 9.53 Å². The fraction of sp³-hybridized carbons (Fsp3) is 0.111. The average molecular weight is 330 g/mol. The van der Waals surface area contributed by atoms with E-state index < -0.39 is 5.97 Å². The predicted molar refractivity (Wildman–Crippen MR) is 91.6 cm³/mol. The number of benzene rings is 2. The number of esters is 1. The van der Waals surface area contributed by atoms with Crippen LogP contribution in [0.4, 0.5) is 5.69 Å². The van der Waals surface area contributed by atoms with E-state index in [4.69, 9.17) is 16.3 Å². The molecule has 4 nitrogen and oxygen atoms in total. The normalized spacial score (nSPS) is 10.6. The Balaban J connectivity index is 2.15. The van der Waals surface area contributed by atoms with Crippen LogP contribution in [0.3, 0.4) is 0 Å². The van der Waals surface area contributed by atoms with Gasteiger partial charge < -0.3 is 10.1 Å². The molecule has 2 aromatic carbocycles. The Labute approximate surface area is 139 Å². The molecule has 2 aromatic rings. The van der Waals surface area contributed by atoms with Crippen LogP contribution in [0.5, 0.6) is 0 Å². The fourth-order valence-electron chi connectivity index (χ4n) is 2.05. The number of carbonyl (C=O) groups is 2. The van der Waals surface area contributed by atoms with E-state index in [1.165, 1.54) is 13.2 Å². The Morgan fingerprint density at radius 2 is 1.87 bits per heavy atom. The molecule has 1 amide bonds. The van der Waals surface area contributed by atoms with Gasteiger partial charge in [0.1, 0.15) is 0 Å². The molecule has 0 aliphatic rings.